The maximum atomic E-state index is 14.5. The third-order valence-electron chi connectivity index (χ3n) is 11.1. The number of hydrogen-bond donors (Lipinski definition) is 1. The fourth-order valence-electron chi connectivity index (χ4n) is 9.02. The maximum absolute atomic E-state index is 14.5. The Morgan fingerprint density at radius 1 is 0.909 bits per heavy atom. The first kappa shape index (κ1) is 32.3. The number of carbonyl (C=O) groups excluding carboxylic acids is 2. The normalized spacial score (nSPS) is 21.8. The molecule has 1 saturated carbocycles. The van der Waals surface area contributed by atoms with Gasteiger partial charge in [0, 0.05) is 29.7 Å². The van der Waals surface area contributed by atoms with Crippen LogP contribution in [-0.4, -0.2) is 35.9 Å². The molecule has 2 heterocycles. The second-order valence-electron chi connectivity index (χ2n) is 14.7. The Bertz CT molecular complexity index is 1450. The third-order valence-corrected chi connectivity index (χ3v) is 18.2. The molecule has 0 spiro atoms. The molecule has 44 heavy (non-hydrogen) atoms. The Hall–Kier alpha value is -3.12. The van der Waals surface area contributed by atoms with Crippen LogP contribution in [0, 0.1) is 5.92 Å². The van der Waals surface area contributed by atoms with Crippen molar-refractivity contribution in [2.45, 2.75) is 122 Å². The number of carbonyl (C=O) groups is 2. The minimum Gasteiger partial charge on any atom is -0.446 e. The van der Waals surface area contributed by atoms with Gasteiger partial charge in [-0.25, -0.2) is 4.79 Å². The van der Waals surface area contributed by atoms with E-state index in [9.17, 15) is 9.59 Å². The number of fused-ring (bicyclic) bond motifs is 1. The zero-order valence-electron chi connectivity index (χ0n) is 28.0. The zero-order chi connectivity index (χ0) is 31.8. The Morgan fingerprint density at radius 3 is 2.16 bits per heavy atom. The first-order valence-electron chi connectivity index (χ1n) is 16.8. The predicted molar refractivity (Wildman–Crippen MR) is 183 cm³/mol. The van der Waals surface area contributed by atoms with Crippen LogP contribution in [-0.2, 0) is 14.9 Å². The predicted octanol–water partition coefficient (Wildman–Crippen LogP) is 10.3. The number of ether oxygens (including phenoxy) is 1. The lowest BCUT2D eigenvalue weighted by molar-refractivity contribution is -0.117. The van der Waals surface area contributed by atoms with Crippen LogP contribution in [0.15, 0.2) is 72.1 Å². The number of nitrogens with zero attached hydrogens (tertiary/aromatic N) is 1. The summed E-state index contributed by atoms with van der Waals surface area (Å²) in [4.78, 5) is 34.1. The van der Waals surface area contributed by atoms with Crippen LogP contribution in [0.3, 0.4) is 0 Å². The van der Waals surface area contributed by atoms with Crippen molar-refractivity contribution in [1.82, 2.24) is 9.88 Å². The van der Waals surface area contributed by atoms with E-state index < -0.39 is 14.1 Å². The summed E-state index contributed by atoms with van der Waals surface area (Å²) in [5.74, 6) is 0.390. The minimum atomic E-state index is -2.33. The van der Waals surface area contributed by atoms with Gasteiger partial charge in [0.15, 0.2) is 5.78 Å². The van der Waals surface area contributed by atoms with Crippen molar-refractivity contribution in [1.29, 1.82) is 0 Å². The summed E-state index contributed by atoms with van der Waals surface area (Å²) in [6, 6.07) is 20.4. The van der Waals surface area contributed by atoms with Gasteiger partial charge in [-0.2, -0.15) is 0 Å². The summed E-state index contributed by atoms with van der Waals surface area (Å²) in [5, 5.41) is 1.97. The van der Waals surface area contributed by atoms with Gasteiger partial charge in [0.2, 0.25) is 0 Å². The van der Waals surface area contributed by atoms with Crippen LogP contribution in [0.25, 0.3) is 10.9 Å². The number of benzene rings is 2. The average Bonchev–Trinajstić information content (AvgIpc) is 3.42. The summed E-state index contributed by atoms with van der Waals surface area (Å²) in [7, 11) is -2.33. The summed E-state index contributed by atoms with van der Waals surface area (Å²) in [5.41, 5.74) is 4.08. The lowest BCUT2D eigenvalue weighted by Crippen LogP contribution is -2.52. The first-order valence-corrected chi connectivity index (χ1v) is 19.0. The van der Waals surface area contributed by atoms with Gasteiger partial charge in [0.05, 0.1) is 6.04 Å². The molecule has 1 aliphatic heterocycles. The number of hydrogen-bond acceptors (Lipinski definition) is 3. The lowest BCUT2D eigenvalue weighted by atomic mass is 9.66. The molecule has 0 radical (unpaired) electrons. The maximum Gasteiger partial charge on any atom is 0.414 e. The number of para-hydroxylation sites is 1. The number of rotatable bonds is 8. The molecule has 2 aromatic carbocycles. The Balaban J connectivity index is 1.57. The monoisotopic (exact) mass is 612 g/mol. The molecule has 236 valence electrons. The zero-order valence-corrected chi connectivity index (χ0v) is 29.0. The number of H-pyrrole nitrogens is 1. The Morgan fingerprint density at radius 2 is 1.52 bits per heavy atom. The lowest BCUT2D eigenvalue weighted by Gasteiger charge is -2.47. The van der Waals surface area contributed by atoms with E-state index in [1.54, 1.807) is 4.90 Å². The summed E-state index contributed by atoms with van der Waals surface area (Å²) >= 11 is 0. The molecule has 1 aromatic heterocycles. The van der Waals surface area contributed by atoms with Gasteiger partial charge in [-0.15, -0.1) is 0 Å². The van der Waals surface area contributed by atoms with Gasteiger partial charge >= 0.3 is 6.09 Å². The second-order valence-corrected chi connectivity index (χ2v) is 20.6. The van der Waals surface area contributed by atoms with Gasteiger partial charge in [-0.05, 0) is 69.6 Å². The van der Waals surface area contributed by atoms with Crippen LogP contribution in [0.1, 0.15) is 105 Å². The van der Waals surface area contributed by atoms with Crippen LogP contribution >= 0.6 is 0 Å². The molecule has 0 saturated heterocycles. The summed E-state index contributed by atoms with van der Waals surface area (Å²) in [6.45, 7) is 18.2. The van der Waals surface area contributed by atoms with Gasteiger partial charge < -0.3 is 9.72 Å². The van der Waals surface area contributed by atoms with Crippen LogP contribution in [0.2, 0.25) is 16.6 Å². The van der Waals surface area contributed by atoms with Crippen molar-refractivity contribution >= 4 is 30.9 Å². The standard InChI is InChI=1S/C38H52N2O3Si/c1-25(2)44(26(3)4,27(5)6)36-24-40(33(23-34(36)41)32-22-28-16-12-14-20-31(28)39-32)37(42)43-35-21-15-13-19-30(35)38(7,8)29-17-10-9-11-18-29/h9-12,14,16-18,20,22,24-27,30,33,35,39H,13,15,19,21,23H2,1-8H3/t30-,33+,35-/m1/s1. The van der Waals surface area contributed by atoms with Gasteiger partial charge in [0.25, 0.3) is 0 Å². The van der Waals surface area contributed by atoms with Crippen molar-refractivity contribution in [3.05, 3.63) is 83.3 Å². The Labute approximate surface area is 265 Å². The van der Waals surface area contributed by atoms with E-state index in [1.165, 1.54) is 5.56 Å². The number of amides is 1. The van der Waals surface area contributed by atoms with Crippen LogP contribution in [0.4, 0.5) is 4.79 Å². The summed E-state index contributed by atoms with van der Waals surface area (Å²) < 4.78 is 6.59. The quantitative estimate of drug-likeness (QED) is 0.257. The van der Waals surface area contributed by atoms with Crippen LogP contribution in [0.5, 0.6) is 0 Å². The summed E-state index contributed by atoms with van der Waals surface area (Å²) in [6.07, 6.45) is 5.75. The van der Waals surface area contributed by atoms with E-state index in [-0.39, 0.29) is 35.7 Å². The topological polar surface area (TPSA) is 62.4 Å². The molecule has 3 atom stereocenters. The van der Waals surface area contributed by atoms with Crippen molar-refractivity contribution in [2.75, 3.05) is 0 Å². The fourth-order valence-corrected chi connectivity index (χ4v) is 15.8. The van der Waals surface area contributed by atoms with Gasteiger partial charge in [-0.1, -0.05) is 110 Å². The highest BCUT2D eigenvalue weighted by Crippen LogP contribution is 2.50. The molecule has 5 rings (SSSR count). The molecule has 0 unspecified atom stereocenters. The van der Waals surface area contributed by atoms with Gasteiger partial charge in [0.1, 0.15) is 14.2 Å². The molecule has 2 aliphatic rings. The molecule has 3 aromatic rings. The van der Waals surface area contributed by atoms with E-state index >= 15 is 0 Å². The highest BCUT2D eigenvalue weighted by atomic mass is 28.3. The number of Topliss-reactive ketones (excluding diaryl/α,β-unsaturated/α-hetero) is 1. The number of ketones is 1. The first-order chi connectivity index (χ1) is 20.9. The van der Waals surface area contributed by atoms with E-state index in [0.29, 0.717) is 16.6 Å². The largest absolute Gasteiger partial charge is 0.446 e. The van der Waals surface area contributed by atoms with E-state index in [4.69, 9.17) is 4.74 Å². The highest BCUT2D eigenvalue weighted by molar-refractivity contribution is 6.93. The molecule has 1 amide bonds. The fraction of sp³-hybridized carbons (Fsp3) is 0.526. The molecule has 0 bridgehead atoms. The van der Waals surface area contributed by atoms with Crippen molar-refractivity contribution in [2.24, 2.45) is 5.92 Å². The number of aromatic amines is 1. The second kappa shape index (κ2) is 12.7. The average molecular weight is 613 g/mol. The number of allylic oxidation sites excluding steroid dienone is 1. The smallest absolute Gasteiger partial charge is 0.414 e. The van der Waals surface area contributed by atoms with Gasteiger partial charge in [-0.3, -0.25) is 9.69 Å². The molecule has 5 nitrogen and oxygen atoms in total. The van der Waals surface area contributed by atoms with Crippen molar-refractivity contribution in [3.8, 4) is 0 Å². The van der Waals surface area contributed by atoms with Crippen LogP contribution < -0.4 is 0 Å². The Kier molecular flexibility index (Phi) is 9.32. The molecule has 6 heteroatoms. The number of aromatic nitrogens is 1. The van der Waals surface area contributed by atoms with E-state index in [1.807, 2.05) is 24.4 Å². The molecule has 1 aliphatic carbocycles. The molecular weight excluding hydrogens is 561 g/mol. The molecular formula is C38H52N2O3Si. The van der Waals surface area contributed by atoms with E-state index in [2.05, 4.69) is 103 Å². The SMILES string of the molecule is CC(C)[Si](C1=CN(C(=O)O[C@@H]2CCCC[C@H]2C(C)(C)c2ccccc2)[C@H](c2cc3ccccc3[nH]2)CC1=O)(C(C)C)C(C)C. The highest BCUT2D eigenvalue weighted by Gasteiger charge is 2.51. The van der Waals surface area contributed by atoms with E-state index in [0.717, 1.165) is 47.5 Å². The van der Waals surface area contributed by atoms with Crippen molar-refractivity contribution in [3.63, 3.8) is 0 Å². The third kappa shape index (κ3) is 5.70. The molecule has 1 fully saturated rings. The van der Waals surface area contributed by atoms with Crippen molar-refractivity contribution < 1.29 is 14.3 Å². The molecule has 1 N–H and O–H groups in total. The minimum absolute atomic E-state index is 0.142. The number of nitrogens with one attached hydrogen (secondary N) is 1.